The molecule has 0 aliphatic heterocycles. The number of aryl methyl sites for hydroxylation is 1. The number of aliphatic hydroxyl groups is 1. The molecular weight excluding hydrogens is 286 g/mol. The summed E-state index contributed by atoms with van der Waals surface area (Å²) in [5.74, 6) is 1.18. The number of hydrogen-bond acceptors (Lipinski definition) is 3. The molecule has 0 amide bonds. The summed E-state index contributed by atoms with van der Waals surface area (Å²) in [4.78, 5) is 4.19. The van der Waals surface area contributed by atoms with Gasteiger partial charge in [-0.15, -0.1) is 0 Å². The zero-order valence-electron chi connectivity index (χ0n) is 12.8. The van der Waals surface area contributed by atoms with E-state index in [1.54, 1.807) is 12.1 Å². The third kappa shape index (κ3) is 3.74. The number of nitrogens with zero attached hydrogens (tertiary/aromatic N) is 1. The Kier molecular flexibility index (Phi) is 4.55. The van der Waals surface area contributed by atoms with E-state index in [2.05, 4.69) is 37.9 Å². The first-order chi connectivity index (χ1) is 9.81. The fraction of sp³-hybridized carbons (Fsp3) is 0.353. The van der Waals surface area contributed by atoms with Crippen molar-refractivity contribution in [1.29, 1.82) is 0 Å². The maximum atomic E-state index is 9.19. The average Bonchev–Trinajstić information content (AvgIpc) is 2.42. The van der Waals surface area contributed by atoms with E-state index in [9.17, 15) is 5.11 Å². The third-order valence-electron chi connectivity index (χ3n) is 3.30. The Labute approximate surface area is 130 Å². The molecule has 1 N–H and O–H groups in total. The van der Waals surface area contributed by atoms with Crippen LogP contribution in [0, 0.1) is 6.92 Å². The van der Waals surface area contributed by atoms with Crippen LogP contribution in [-0.4, -0.2) is 10.1 Å². The Morgan fingerprint density at radius 1 is 1.19 bits per heavy atom. The van der Waals surface area contributed by atoms with Crippen LogP contribution >= 0.6 is 11.6 Å². The molecule has 1 aromatic heterocycles. The molecule has 0 fully saturated rings. The Balaban J connectivity index is 2.28. The van der Waals surface area contributed by atoms with Crippen LogP contribution in [0.25, 0.3) is 0 Å². The molecule has 0 unspecified atom stereocenters. The highest BCUT2D eigenvalue weighted by Gasteiger charge is 2.15. The molecule has 2 rings (SSSR count). The van der Waals surface area contributed by atoms with Crippen molar-refractivity contribution in [2.24, 2.45) is 0 Å². The van der Waals surface area contributed by atoms with Crippen LogP contribution in [0.4, 0.5) is 0 Å². The van der Waals surface area contributed by atoms with Gasteiger partial charge in [-0.05, 0) is 35.6 Å². The summed E-state index contributed by atoms with van der Waals surface area (Å²) in [6.45, 7) is 8.33. The minimum atomic E-state index is -0.210. The Morgan fingerprint density at radius 2 is 1.90 bits per heavy atom. The highest BCUT2D eigenvalue weighted by Crippen LogP contribution is 2.30. The van der Waals surface area contributed by atoms with Crippen molar-refractivity contribution in [2.75, 3.05) is 0 Å². The summed E-state index contributed by atoms with van der Waals surface area (Å²) < 4.78 is 5.79. The molecule has 1 heterocycles. The molecule has 2 aromatic rings. The van der Waals surface area contributed by atoms with Gasteiger partial charge in [0.2, 0.25) is 5.88 Å². The highest BCUT2D eigenvalue weighted by atomic mass is 35.5. The Bertz CT molecular complexity index is 648. The van der Waals surface area contributed by atoms with Crippen molar-refractivity contribution >= 4 is 11.6 Å². The molecule has 0 aliphatic carbocycles. The molecule has 21 heavy (non-hydrogen) atoms. The van der Waals surface area contributed by atoms with Gasteiger partial charge in [-0.25, -0.2) is 4.98 Å². The molecule has 0 aliphatic rings. The second-order valence-corrected chi connectivity index (χ2v) is 6.48. The molecule has 112 valence electrons. The molecule has 0 radical (unpaired) electrons. The van der Waals surface area contributed by atoms with Gasteiger partial charge in [0.15, 0.2) is 0 Å². The predicted molar refractivity (Wildman–Crippen MR) is 85.1 cm³/mol. The third-order valence-corrected chi connectivity index (χ3v) is 3.64. The molecule has 4 heteroatoms. The molecule has 0 saturated carbocycles. The number of hydrogen-bond donors (Lipinski definition) is 1. The molecule has 0 spiro atoms. The lowest BCUT2D eigenvalue weighted by atomic mass is 9.86. The first kappa shape index (κ1) is 15.8. The van der Waals surface area contributed by atoms with E-state index in [0.29, 0.717) is 16.6 Å². The van der Waals surface area contributed by atoms with Crippen molar-refractivity contribution in [2.45, 2.75) is 39.7 Å². The number of halogens is 1. The van der Waals surface area contributed by atoms with Gasteiger partial charge in [-0.3, -0.25) is 0 Å². The van der Waals surface area contributed by atoms with Crippen LogP contribution < -0.4 is 4.74 Å². The highest BCUT2D eigenvalue weighted by molar-refractivity contribution is 6.31. The van der Waals surface area contributed by atoms with Gasteiger partial charge in [0.05, 0.1) is 17.3 Å². The topological polar surface area (TPSA) is 42.4 Å². The standard InChI is InChI=1S/C17H20ClNO2/c1-11-9-12(17(2,3)4)5-7-15(11)21-16-8-6-13(18)14(10-20)19-16/h5-9,20H,10H2,1-4H3. The fourth-order valence-corrected chi connectivity index (χ4v) is 2.14. The van der Waals surface area contributed by atoms with Crippen LogP contribution in [0.2, 0.25) is 5.02 Å². The van der Waals surface area contributed by atoms with Crippen LogP contribution in [0.15, 0.2) is 30.3 Å². The van der Waals surface area contributed by atoms with Crippen LogP contribution in [-0.2, 0) is 12.0 Å². The maximum absolute atomic E-state index is 9.19. The van der Waals surface area contributed by atoms with Crippen molar-refractivity contribution in [3.8, 4) is 11.6 Å². The lowest BCUT2D eigenvalue weighted by Crippen LogP contribution is -2.11. The van der Waals surface area contributed by atoms with E-state index in [0.717, 1.165) is 11.3 Å². The summed E-state index contributed by atoms with van der Waals surface area (Å²) in [5.41, 5.74) is 2.82. The fourth-order valence-electron chi connectivity index (χ4n) is 1.98. The lowest BCUT2D eigenvalue weighted by molar-refractivity contribution is 0.275. The molecule has 0 bridgehead atoms. The minimum Gasteiger partial charge on any atom is -0.439 e. The van der Waals surface area contributed by atoms with Gasteiger partial charge in [-0.2, -0.15) is 0 Å². The summed E-state index contributed by atoms with van der Waals surface area (Å²) in [6, 6.07) is 9.50. The smallest absolute Gasteiger partial charge is 0.219 e. The largest absolute Gasteiger partial charge is 0.439 e. The van der Waals surface area contributed by atoms with E-state index in [1.165, 1.54) is 5.56 Å². The maximum Gasteiger partial charge on any atom is 0.219 e. The van der Waals surface area contributed by atoms with Crippen LogP contribution in [0.3, 0.4) is 0 Å². The summed E-state index contributed by atoms with van der Waals surface area (Å²) in [7, 11) is 0. The number of ether oxygens (including phenoxy) is 1. The van der Waals surface area contributed by atoms with Gasteiger partial charge < -0.3 is 9.84 Å². The quantitative estimate of drug-likeness (QED) is 0.899. The number of pyridine rings is 1. The van der Waals surface area contributed by atoms with E-state index in [-0.39, 0.29) is 12.0 Å². The Morgan fingerprint density at radius 3 is 2.48 bits per heavy atom. The zero-order chi connectivity index (χ0) is 15.6. The summed E-state index contributed by atoms with van der Waals surface area (Å²) in [5, 5.41) is 9.62. The monoisotopic (exact) mass is 305 g/mol. The van der Waals surface area contributed by atoms with E-state index >= 15 is 0 Å². The van der Waals surface area contributed by atoms with Crippen molar-refractivity contribution < 1.29 is 9.84 Å². The van der Waals surface area contributed by atoms with Gasteiger partial charge >= 0.3 is 0 Å². The molecule has 3 nitrogen and oxygen atoms in total. The molecular formula is C17H20ClNO2. The lowest BCUT2D eigenvalue weighted by Gasteiger charge is -2.20. The number of aromatic nitrogens is 1. The minimum absolute atomic E-state index is 0.103. The van der Waals surface area contributed by atoms with E-state index in [1.807, 2.05) is 13.0 Å². The second-order valence-electron chi connectivity index (χ2n) is 6.07. The van der Waals surface area contributed by atoms with Gasteiger partial charge in [0, 0.05) is 6.07 Å². The average molecular weight is 306 g/mol. The first-order valence-electron chi connectivity index (χ1n) is 6.86. The molecule has 0 atom stereocenters. The van der Waals surface area contributed by atoms with Gasteiger partial charge in [0.1, 0.15) is 5.75 Å². The second kappa shape index (κ2) is 6.04. The predicted octanol–water partition coefficient (Wildman–Crippen LogP) is 4.63. The molecule has 0 saturated heterocycles. The van der Waals surface area contributed by atoms with Crippen LogP contribution in [0.5, 0.6) is 11.6 Å². The normalized spacial score (nSPS) is 11.5. The SMILES string of the molecule is Cc1cc(C(C)(C)C)ccc1Oc1ccc(Cl)c(CO)n1. The van der Waals surface area contributed by atoms with Gasteiger partial charge in [-0.1, -0.05) is 44.5 Å². The van der Waals surface area contributed by atoms with E-state index < -0.39 is 0 Å². The number of rotatable bonds is 3. The van der Waals surface area contributed by atoms with Crippen molar-refractivity contribution in [3.05, 3.63) is 52.2 Å². The van der Waals surface area contributed by atoms with Crippen LogP contribution in [0.1, 0.15) is 37.6 Å². The number of benzene rings is 1. The summed E-state index contributed by atoms with van der Waals surface area (Å²) >= 11 is 5.92. The summed E-state index contributed by atoms with van der Waals surface area (Å²) in [6.07, 6.45) is 0. The zero-order valence-corrected chi connectivity index (χ0v) is 13.5. The first-order valence-corrected chi connectivity index (χ1v) is 7.24. The van der Waals surface area contributed by atoms with Crippen molar-refractivity contribution in [1.82, 2.24) is 4.98 Å². The van der Waals surface area contributed by atoms with Crippen molar-refractivity contribution in [3.63, 3.8) is 0 Å². The number of aliphatic hydroxyl groups excluding tert-OH is 1. The Hall–Kier alpha value is -1.58. The molecule has 1 aromatic carbocycles. The van der Waals surface area contributed by atoms with E-state index in [4.69, 9.17) is 16.3 Å². The van der Waals surface area contributed by atoms with Gasteiger partial charge in [0.25, 0.3) is 0 Å².